The third kappa shape index (κ3) is 6.86. The zero-order chi connectivity index (χ0) is 11.0. The molecule has 0 aliphatic rings. The molecular weight excluding hydrogens is 180 g/mol. The number of carbonyl (C=O) groups is 1. The van der Waals surface area contributed by atoms with Gasteiger partial charge in [-0.2, -0.15) is 0 Å². The van der Waals surface area contributed by atoms with Crippen molar-refractivity contribution in [1.29, 1.82) is 0 Å². The highest BCUT2D eigenvalue weighted by molar-refractivity contribution is 5.75. The minimum atomic E-state index is -0.447. The van der Waals surface area contributed by atoms with Crippen molar-refractivity contribution in [2.75, 3.05) is 27.2 Å². The van der Waals surface area contributed by atoms with Gasteiger partial charge >= 0.3 is 5.97 Å². The number of rotatable bonds is 7. The fraction of sp³-hybridized carbons (Fsp3) is 0.900. The highest BCUT2D eigenvalue weighted by atomic mass is 16.5. The molecule has 0 aromatic heterocycles. The number of nitrogens with two attached hydrogens (primary N) is 1. The monoisotopic (exact) mass is 202 g/mol. The number of esters is 1. The Bertz CT molecular complexity index is 160. The maximum Gasteiger partial charge on any atom is 0.322 e. The van der Waals surface area contributed by atoms with E-state index in [-0.39, 0.29) is 5.97 Å². The van der Waals surface area contributed by atoms with Crippen LogP contribution in [0.5, 0.6) is 0 Å². The van der Waals surface area contributed by atoms with Gasteiger partial charge in [-0.1, -0.05) is 6.42 Å². The minimum Gasteiger partial charge on any atom is -0.465 e. The van der Waals surface area contributed by atoms with Crippen molar-refractivity contribution < 1.29 is 9.53 Å². The lowest BCUT2D eigenvalue weighted by atomic mass is 10.1. The Morgan fingerprint density at radius 1 is 1.43 bits per heavy atom. The van der Waals surface area contributed by atoms with Crippen molar-refractivity contribution in [3.63, 3.8) is 0 Å². The third-order valence-corrected chi connectivity index (χ3v) is 1.96. The van der Waals surface area contributed by atoms with Crippen LogP contribution in [0, 0.1) is 0 Å². The molecular formula is C10H22N2O2. The summed E-state index contributed by atoms with van der Waals surface area (Å²) in [6.45, 7) is 3.23. The van der Waals surface area contributed by atoms with E-state index in [1.165, 1.54) is 0 Å². The molecule has 0 bridgehead atoms. The first-order valence-corrected chi connectivity index (χ1v) is 5.14. The average molecular weight is 202 g/mol. The molecule has 0 amide bonds. The Kier molecular flexibility index (Phi) is 7.42. The van der Waals surface area contributed by atoms with Crippen LogP contribution in [-0.2, 0) is 9.53 Å². The topological polar surface area (TPSA) is 55.6 Å². The summed E-state index contributed by atoms with van der Waals surface area (Å²) in [4.78, 5) is 13.2. The van der Waals surface area contributed by atoms with Crippen molar-refractivity contribution in [1.82, 2.24) is 4.90 Å². The van der Waals surface area contributed by atoms with Gasteiger partial charge in [0.05, 0.1) is 6.61 Å². The molecule has 84 valence electrons. The molecule has 0 fully saturated rings. The maximum atomic E-state index is 11.1. The molecule has 0 rings (SSSR count). The third-order valence-electron chi connectivity index (χ3n) is 1.96. The molecule has 0 spiro atoms. The molecule has 0 aromatic rings. The van der Waals surface area contributed by atoms with E-state index in [9.17, 15) is 4.79 Å². The van der Waals surface area contributed by atoms with E-state index in [1.54, 1.807) is 6.92 Å². The first-order chi connectivity index (χ1) is 6.57. The van der Waals surface area contributed by atoms with Crippen molar-refractivity contribution in [2.45, 2.75) is 32.2 Å². The normalized spacial score (nSPS) is 12.9. The largest absolute Gasteiger partial charge is 0.465 e. The number of hydrogen-bond donors (Lipinski definition) is 1. The summed E-state index contributed by atoms with van der Waals surface area (Å²) in [5.41, 5.74) is 5.63. The van der Waals surface area contributed by atoms with Gasteiger partial charge in [0, 0.05) is 0 Å². The van der Waals surface area contributed by atoms with Crippen LogP contribution in [-0.4, -0.2) is 44.2 Å². The van der Waals surface area contributed by atoms with Crippen LogP contribution in [0.15, 0.2) is 0 Å². The number of nitrogens with zero attached hydrogens (tertiary/aromatic N) is 1. The molecule has 4 nitrogen and oxygen atoms in total. The average Bonchev–Trinajstić information content (AvgIpc) is 2.12. The predicted molar refractivity (Wildman–Crippen MR) is 57.0 cm³/mol. The summed E-state index contributed by atoms with van der Waals surface area (Å²) in [7, 11) is 4.07. The van der Waals surface area contributed by atoms with Crippen LogP contribution in [0.25, 0.3) is 0 Å². The molecule has 1 atom stereocenters. The van der Waals surface area contributed by atoms with Gasteiger partial charge in [0.15, 0.2) is 0 Å². The number of hydrogen-bond acceptors (Lipinski definition) is 4. The van der Waals surface area contributed by atoms with Gasteiger partial charge in [-0.15, -0.1) is 0 Å². The number of carbonyl (C=O) groups excluding carboxylic acids is 1. The van der Waals surface area contributed by atoms with Crippen molar-refractivity contribution in [3.05, 3.63) is 0 Å². The summed E-state index contributed by atoms with van der Waals surface area (Å²) in [6, 6.07) is -0.447. The number of ether oxygens (including phenoxy) is 1. The molecule has 0 unspecified atom stereocenters. The fourth-order valence-electron chi connectivity index (χ4n) is 1.16. The van der Waals surface area contributed by atoms with E-state index >= 15 is 0 Å². The van der Waals surface area contributed by atoms with Gasteiger partial charge in [-0.3, -0.25) is 4.79 Å². The van der Waals surface area contributed by atoms with Crippen molar-refractivity contribution in [3.8, 4) is 0 Å². The second-order valence-electron chi connectivity index (χ2n) is 3.66. The second kappa shape index (κ2) is 7.76. The lowest BCUT2D eigenvalue weighted by Crippen LogP contribution is -2.32. The summed E-state index contributed by atoms with van der Waals surface area (Å²) in [5, 5.41) is 0. The summed E-state index contributed by atoms with van der Waals surface area (Å²) < 4.78 is 4.81. The van der Waals surface area contributed by atoms with E-state index in [0.717, 1.165) is 19.4 Å². The fourth-order valence-corrected chi connectivity index (χ4v) is 1.16. The first-order valence-electron chi connectivity index (χ1n) is 5.14. The van der Waals surface area contributed by atoms with Gasteiger partial charge in [-0.05, 0) is 40.4 Å². The second-order valence-corrected chi connectivity index (χ2v) is 3.66. The Balaban J connectivity index is 3.43. The maximum absolute atomic E-state index is 11.1. The number of unbranched alkanes of at least 4 members (excludes halogenated alkanes) is 1. The standard InChI is InChI=1S/C10H22N2O2/c1-4-14-10(13)9(11)7-5-6-8-12(2)3/h9H,4-8,11H2,1-3H3/t9-/m0/s1. The van der Waals surface area contributed by atoms with Gasteiger partial charge < -0.3 is 15.4 Å². The molecule has 0 radical (unpaired) electrons. The summed E-state index contributed by atoms with van der Waals surface area (Å²) in [5.74, 6) is -0.280. The summed E-state index contributed by atoms with van der Waals surface area (Å²) >= 11 is 0. The minimum absolute atomic E-state index is 0.280. The molecule has 0 aliphatic carbocycles. The van der Waals surface area contributed by atoms with Crippen LogP contribution < -0.4 is 5.73 Å². The molecule has 0 heterocycles. The van der Waals surface area contributed by atoms with Crippen molar-refractivity contribution in [2.24, 2.45) is 5.73 Å². The molecule has 0 aromatic carbocycles. The zero-order valence-corrected chi connectivity index (χ0v) is 9.45. The SMILES string of the molecule is CCOC(=O)[C@@H](N)CCCCN(C)C. The highest BCUT2D eigenvalue weighted by Crippen LogP contribution is 2.01. The van der Waals surface area contributed by atoms with Crippen molar-refractivity contribution >= 4 is 5.97 Å². The molecule has 4 heteroatoms. The molecule has 0 saturated carbocycles. The molecule has 0 saturated heterocycles. The molecule has 2 N–H and O–H groups in total. The van der Waals surface area contributed by atoms with Crippen LogP contribution in [0.2, 0.25) is 0 Å². The Morgan fingerprint density at radius 2 is 2.07 bits per heavy atom. The quantitative estimate of drug-likeness (QED) is 0.485. The van der Waals surface area contributed by atoms with Gasteiger partial charge in [0.2, 0.25) is 0 Å². The van der Waals surface area contributed by atoms with Gasteiger partial charge in [0.25, 0.3) is 0 Å². The van der Waals surface area contributed by atoms with Crippen LogP contribution in [0.1, 0.15) is 26.2 Å². The van der Waals surface area contributed by atoms with Crippen LogP contribution >= 0.6 is 0 Å². The first kappa shape index (κ1) is 13.4. The Morgan fingerprint density at radius 3 is 2.57 bits per heavy atom. The lowest BCUT2D eigenvalue weighted by molar-refractivity contribution is -0.144. The highest BCUT2D eigenvalue weighted by Gasteiger charge is 2.13. The zero-order valence-electron chi connectivity index (χ0n) is 9.45. The lowest BCUT2D eigenvalue weighted by Gasteiger charge is -2.12. The van der Waals surface area contributed by atoms with Crippen LogP contribution in [0.4, 0.5) is 0 Å². The summed E-state index contributed by atoms with van der Waals surface area (Å²) in [6.07, 6.45) is 2.75. The van der Waals surface area contributed by atoms with E-state index in [4.69, 9.17) is 10.5 Å². The van der Waals surface area contributed by atoms with E-state index in [0.29, 0.717) is 13.0 Å². The molecule has 14 heavy (non-hydrogen) atoms. The van der Waals surface area contributed by atoms with E-state index in [1.807, 2.05) is 14.1 Å². The Labute approximate surface area is 86.4 Å². The van der Waals surface area contributed by atoms with E-state index in [2.05, 4.69) is 4.90 Å². The van der Waals surface area contributed by atoms with Gasteiger partial charge in [0.1, 0.15) is 6.04 Å². The van der Waals surface area contributed by atoms with E-state index < -0.39 is 6.04 Å². The Hall–Kier alpha value is -0.610. The smallest absolute Gasteiger partial charge is 0.322 e. The van der Waals surface area contributed by atoms with Gasteiger partial charge in [-0.25, -0.2) is 0 Å². The van der Waals surface area contributed by atoms with Crippen LogP contribution in [0.3, 0.4) is 0 Å². The molecule has 0 aliphatic heterocycles. The predicted octanol–water partition coefficient (Wildman–Crippen LogP) is 0.609.